The van der Waals surface area contributed by atoms with Gasteiger partial charge in [-0.05, 0) is 26.8 Å². The Hall–Kier alpha value is -1.58. The number of carbonyl (C=O) groups is 1. The zero-order valence-corrected chi connectivity index (χ0v) is 9.10. The van der Waals surface area contributed by atoms with E-state index in [1.54, 1.807) is 45.1 Å². The van der Waals surface area contributed by atoms with Crippen LogP contribution in [0.1, 0.15) is 20.8 Å². The van der Waals surface area contributed by atoms with Gasteiger partial charge < -0.3 is 9.94 Å². The monoisotopic (exact) mass is 209 g/mol. The first-order valence-electron chi connectivity index (χ1n) is 4.74. The minimum Gasteiger partial charge on any atom is -0.459 e. The molecule has 1 aliphatic carbocycles. The van der Waals surface area contributed by atoms with E-state index in [-0.39, 0.29) is 0 Å². The summed E-state index contributed by atoms with van der Waals surface area (Å²) < 4.78 is 5.19. The van der Waals surface area contributed by atoms with Crippen molar-refractivity contribution in [1.82, 2.24) is 0 Å². The fourth-order valence-corrected chi connectivity index (χ4v) is 1.19. The molecule has 4 nitrogen and oxygen atoms in total. The second kappa shape index (κ2) is 4.29. The highest BCUT2D eigenvalue weighted by Crippen LogP contribution is 2.16. The SMILES string of the molecule is CC(C)(C)OC(=O)C1C=CC=CC1=NO. The Bertz CT molecular complexity index is 334. The van der Waals surface area contributed by atoms with E-state index in [1.807, 2.05) is 0 Å². The predicted octanol–water partition coefficient (Wildman–Crippen LogP) is 1.90. The fraction of sp³-hybridized carbons (Fsp3) is 0.455. The van der Waals surface area contributed by atoms with Crippen LogP contribution in [0.4, 0.5) is 0 Å². The van der Waals surface area contributed by atoms with Crippen molar-refractivity contribution in [3.05, 3.63) is 24.3 Å². The average Bonchev–Trinajstić information content (AvgIpc) is 2.15. The van der Waals surface area contributed by atoms with Gasteiger partial charge in [-0.3, -0.25) is 4.79 Å². The summed E-state index contributed by atoms with van der Waals surface area (Å²) in [5.41, 5.74) is -0.237. The van der Waals surface area contributed by atoms with Gasteiger partial charge >= 0.3 is 5.97 Å². The molecule has 1 unspecified atom stereocenters. The molecule has 0 bridgehead atoms. The molecule has 1 aliphatic rings. The molecule has 0 aromatic rings. The van der Waals surface area contributed by atoms with Crippen LogP contribution in [-0.2, 0) is 9.53 Å². The fourth-order valence-electron chi connectivity index (χ4n) is 1.19. The normalized spacial score (nSPS) is 23.1. The Morgan fingerprint density at radius 2 is 2.13 bits per heavy atom. The lowest BCUT2D eigenvalue weighted by Gasteiger charge is -2.22. The number of hydrogen-bond acceptors (Lipinski definition) is 4. The van der Waals surface area contributed by atoms with Gasteiger partial charge in [0.05, 0.1) is 5.71 Å². The highest BCUT2D eigenvalue weighted by Gasteiger charge is 2.27. The summed E-state index contributed by atoms with van der Waals surface area (Å²) in [5, 5.41) is 11.8. The van der Waals surface area contributed by atoms with Crippen molar-refractivity contribution in [2.45, 2.75) is 26.4 Å². The van der Waals surface area contributed by atoms with E-state index in [2.05, 4.69) is 5.16 Å². The highest BCUT2D eigenvalue weighted by molar-refractivity contribution is 6.10. The molecular weight excluding hydrogens is 194 g/mol. The largest absolute Gasteiger partial charge is 0.459 e. The first-order valence-corrected chi connectivity index (χ1v) is 4.74. The number of nitrogens with zero attached hydrogens (tertiary/aromatic N) is 1. The first-order chi connectivity index (χ1) is 6.94. The van der Waals surface area contributed by atoms with Gasteiger partial charge in [0.15, 0.2) is 0 Å². The Kier molecular flexibility index (Phi) is 3.29. The van der Waals surface area contributed by atoms with Crippen LogP contribution in [0, 0.1) is 5.92 Å². The van der Waals surface area contributed by atoms with E-state index < -0.39 is 17.5 Å². The van der Waals surface area contributed by atoms with Crippen molar-refractivity contribution in [2.75, 3.05) is 0 Å². The molecule has 0 saturated heterocycles. The van der Waals surface area contributed by atoms with Crippen molar-refractivity contribution in [1.29, 1.82) is 0 Å². The van der Waals surface area contributed by atoms with Crippen LogP contribution in [-0.4, -0.2) is 22.5 Å². The summed E-state index contributed by atoms with van der Waals surface area (Å²) >= 11 is 0. The lowest BCUT2D eigenvalue weighted by Crippen LogP contribution is -2.31. The molecule has 0 radical (unpaired) electrons. The number of ether oxygens (including phenoxy) is 1. The third-order valence-electron chi connectivity index (χ3n) is 1.78. The van der Waals surface area contributed by atoms with Gasteiger partial charge in [0.1, 0.15) is 11.5 Å². The average molecular weight is 209 g/mol. The zero-order valence-electron chi connectivity index (χ0n) is 9.10. The van der Waals surface area contributed by atoms with Crippen LogP contribution in [0.5, 0.6) is 0 Å². The molecule has 0 aromatic heterocycles. The zero-order chi connectivity index (χ0) is 11.5. The van der Waals surface area contributed by atoms with Crippen LogP contribution < -0.4 is 0 Å². The second-order valence-electron chi connectivity index (χ2n) is 4.28. The maximum Gasteiger partial charge on any atom is 0.319 e. The summed E-state index contributed by atoms with van der Waals surface area (Å²) in [6, 6.07) is 0. The summed E-state index contributed by atoms with van der Waals surface area (Å²) in [4.78, 5) is 11.7. The van der Waals surface area contributed by atoms with Crippen molar-refractivity contribution < 1.29 is 14.7 Å². The molecule has 0 fully saturated rings. The first kappa shape index (κ1) is 11.5. The molecule has 1 rings (SSSR count). The Morgan fingerprint density at radius 3 is 2.67 bits per heavy atom. The maximum absolute atomic E-state index is 11.7. The molecule has 0 spiro atoms. The molecule has 4 heteroatoms. The van der Waals surface area contributed by atoms with Gasteiger partial charge in [-0.2, -0.15) is 0 Å². The molecule has 0 aromatic carbocycles. The van der Waals surface area contributed by atoms with Crippen molar-refractivity contribution in [3.63, 3.8) is 0 Å². The van der Waals surface area contributed by atoms with Crippen LogP contribution in [0.25, 0.3) is 0 Å². The summed E-state index contributed by atoms with van der Waals surface area (Å²) in [7, 11) is 0. The lowest BCUT2D eigenvalue weighted by molar-refractivity contribution is -0.156. The summed E-state index contributed by atoms with van der Waals surface area (Å²) in [5.74, 6) is -1.02. The van der Waals surface area contributed by atoms with E-state index in [1.165, 1.54) is 0 Å². The highest BCUT2D eigenvalue weighted by atomic mass is 16.6. The van der Waals surface area contributed by atoms with E-state index in [9.17, 15) is 4.79 Å². The van der Waals surface area contributed by atoms with Crippen molar-refractivity contribution in [3.8, 4) is 0 Å². The molecule has 0 amide bonds. The third-order valence-corrected chi connectivity index (χ3v) is 1.78. The molecule has 82 valence electrons. The number of rotatable bonds is 1. The summed E-state index contributed by atoms with van der Waals surface area (Å²) in [6.45, 7) is 5.38. The van der Waals surface area contributed by atoms with Crippen LogP contribution >= 0.6 is 0 Å². The van der Waals surface area contributed by atoms with Crippen LogP contribution in [0.15, 0.2) is 29.5 Å². The molecule has 0 saturated carbocycles. The summed E-state index contributed by atoms with van der Waals surface area (Å²) in [6.07, 6.45) is 6.65. The minimum absolute atomic E-state index is 0.298. The van der Waals surface area contributed by atoms with Crippen LogP contribution in [0.3, 0.4) is 0 Å². The smallest absolute Gasteiger partial charge is 0.319 e. The van der Waals surface area contributed by atoms with Crippen molar-refractivity contribution in [2.24, 2.45) is 11.1 Å². The van der Waals surface area contributed by atoms with E-state index in [0.717, 1.165) is 0 Å². The Morgan fingerprint density at radius 1 is 1.47 bits per heavy atom. The number of carbonyl (C=O) groups excluding carboxylic acids is 1. The number of oxime groups is 1. The molecule has 1 N–H and O–H groups in total. The topological polar surface area (TPSA) is 58.9 Å². The van der Waals surface area contributed by atoms with E-state index in [0.29, 0.717) is 5.71 Å². The molecule has 15 heavy (non-hydrogen) atoms. The molecule has 0 heterocycles. The second-order valence-corrected chi connectivity index (χ2v) is 4.28. The van der Waals surface area contributed by atoms with Gasteiger partial charge in [0.2, 0.25) is 0 Å². The van der Waals surface area contributed by atoms with E-state index >= 15 is 0 Å². The van der Waals surface area contributed by atoms with Gasteiger partial charge in [-0.1, -0.05) is 23.4 Å². The van der Waals surface area contributed by atoms with Gasteiger partial charge in [-0.15, -0.1) is 0 Å². The maximum atomic E-state index is 11.7. The Balaban J connectivity index is 2.76. The number of esters is 1. The lowest BCUT2D eigenvalue weighted by atomic mass is 9.98. The Labute approximate surface area is 88.9 Å². The standard InChI is InChI=1S/C11H15NO3/c1-11(2,3)15-10(13)8-6-4-5-7-9(8)12-14/h4-8,14H,1-3H3. The van der Waals surface area contributed by atoms with Crippen LogP contribution in [0.2, 0.25) is 0 Å². The predicted molar refractivity (Wildman–Crippen MR) is 56.8 cm³/mol. The third kappa shape index (κ3) is 3.23. The van der Waals surface area contributed by atoms with Gasteiger partial charge in [0.25, 0.3) is 0 Å². The quantitative estimate of drug-likeness (QED) is 0.407. The van der Waals surface area contributed by atoms with Gasteiger partial charge in [0, 0.05) is 0 Å². The van der Waals surface area contributed by atoms with Crippen molar-refractivity contribution >= 4 is 11.7 Å². The van der Waals surface area contributed by atoms with Gasteiger partial charge in [-0.25, -0.2) is 0 Å². The van der Waals surface area contributed by atoms with E-state index in [4.69, 9.17) is 9.94 Å². The molecular formula is C11H15NO3. The molecule has 0 aliphatic heterocycles. The minimum atomic E-state index is -0.612. The number of hydrogen-bond donors (Lipinski definition) is 1. The molecule has 1 atom stereocenters. The number of allylic oxidation sites excluding steroid dienone is 3.